The third-order valence-corrected chi connectivity index (χ3v) is 4.92. The summed E-state index contributed by atoms with van der Waals surface area (Å²) in [7, 11) is 0. The summed E-state index contributed by atoms with van der Waals surface area (Å²) in [6.45, 7) is 2.70. The van der Waals surface area contributed by atoms with Gasteiger partial charge in [0.1, 0.15) is 0 Å². The van der Waals surface area contributed by atoms with Crippen molar-refractivity contribution in [2.75, 3.05) is 6.61 Å². The molecule has 1 aromatic rings. The first-order chi connectivity index (χ1) is 9.58. The van der Waals surface area contributed by atoms with Gasteiger partial charge in [-0.05, 0) is 56.4 Å². The van der Waals surface area contributed by atoms with E-state index < -0.39 is 0 Å². The van der Waals surface area contributed by atoms with Crippen molar-refractivity contribution in [1.82, 2.24) is 0 Å². The molecule has 0 aromatic heterocycles. The predicted molar refractivity (Wildman–Crippen MR) is 80.4 cm³/mol. The monoisotopic (exact) mass is 292 g/mol. The molecular formula is C17H21ClO2. The van der Waals surface area contributed by atoms with Crippen LogP contribution in [0.2, 0.25) is 5.02 Å². The molecule has 3 heteroatoms. The van der Waals surface area contributed by atoms with Crippen LogP contribution in [0.25, 0.3) is 0 Å². The SMILES string of the molecule is Cc1cc(Cl)cc(C(=O)C2CCOC3(CCCC3)C2)c1. The van der Waals surface area contributed by atoms with E-state index in [0.29, 0.717) is 5.02 Å². The normalized spacial score (nSPS) is 25.0. The molecule has 1 aliphatic heterocycles. The molecule has 3 rings (SSSR count). The third-order valence-electron chi connectivity index (χ3n) is 4.71. The van der Waals surface area contributed by atoms with Crippen molar-refractivity contribution >= 4 is 17.4 Å². The first-order valence-electron chi connectivity index (χ1n) is 7.53. The molecular weight excluding hydrogens is 272 g/mol. The highest BCUT2D eigenvalue weighted by Crippen LogP contribution is 2.42. The Bertz CT molecular complexity index is 497. The fourth-order valence-electron chi connectivity index (χ4n) is 3.73. The molecule has 1 saturated carbocycles. The fraction of sp³-hybridized carbons (Fsp3) is 0.588. The van der Waals surface area contributed by atoms with E-state index in [1.165, 1.54) is 12.8 Å². The van der Waals surface area contributed by atoms with Gasteiger partial charge in [-0.15, -0.1) is 0 Å². The van der Waals surface area contributed by atoms with Gasteiger partial charge in [0.05, 0.1) is 5.60 Å². The van der Waals surface area contributed by atoms with Crippen molar-refractivity contribution in [2.24, 2.45) is 5.92 Å². The number of halogens is 1. The molecule has 2 nitrogen and oxygen atoms in total. The van der Waals surface area contributed by atoms with Crippen molar-refractivity contribution < 1.29 is 9.53 Å². The Morgan fingerprint density at radius 1 is 1.30 bits per heavy atom. The van der Waals surface area contributed by atoms with Crippen LogP contribution in [0.4, 0.5) is 0 Å². The number of Topliss-reactive ketones (excluding diaryl/α,β-unsaturated/α-hetero) is 1. The van der Waals surface area contributed by atoms with Crippen molar-refractivity contribution in [3.05, 3.63) is 34.3 Å². The lowest BCUT2D eigenvalue weighted by Gasteiger charge is -2.37. The second kappa shape index (κ2) is 5.50. The van der Waals surface area contributed by atoms with E-state index in [4.69, 9.17) is 16.3 Å². The van der Waals surface area contributed by atoms with E-state index in [-0.39, 0.29) is 17.3 Å². The molecule has 1 saturated heterocycles. The minimum atomic E-state index is -0.00774. The van der Waals surface area contributed by atoms with Crippen LogP contribution in [0.5, 0.6) is 0 Å². The molecule has 108 valence electrons. The largest absolute Gasteiger partial charge is 0.375 e. The van der Waals surface area contributed by atoms with Crippen LogP contribution >= 0.6 is 11.6 Å². The lowest BCUT2D eigenvalue weighted by atomic mass is 9.80. The average Bonchev–Trinajstić information content (AvgIpc) is 2.85. The van der Waals surface area contributed by atoms with Crippen molar-refractivity contribution in [2.45, 2.75) is 51.0 Å². The lowest BCUT2D eigenvalue weighted by Crippen LogP contribution is -2.39. The van der Waals surface area contributed by atoms with Gasteiger partial charge in [-0.1, -0.05) is 24.4 Å². The first kappa shape index (κ1) is 14.1. The molecule has 1 unspecified atom stereocenters. The smallest absolute Gasteiger partial charge is 0.166 e. The van der Waals surface area contributed by atoms with E-state index in [9.17, 15) is 4.79 Å². The minimum Gasteiger partial charge on any atom is -0.375 e. The van der Waals surface area contributed by atoms with E-state index in [1.54, 1.807) is 6.07 Å². The van der Waals surface area contributed by atoms with Gasteiger partial charge in [-0.2, -0.15) is 0 Å². The molecule has 1 spiro atoms. The van der Waals surface area contributed by atoms with Gasteiger partial charge in [0, 0.05) is 23.1 Å². The highest BCUT2D eigenvalue weighted by atomic mass is 35.5. The van der Waals surface area contributed by atoms with Crippen LogP contribution in [0, 0.1) is 12.8 Å². The van der Waals surface area contributed by atoms with Crippen LogP contribution in [-0.2, 0) is 4.74 Å². The Balaban J connectivity index is 1.79. The standard InChI is InChI=1S/C17H21ClO2/c1-12-8-14(10-15(18)9-12)16(19)13-4-7-20-17(11-13)5-2-3-6-17/h8-10,13H,2-7,11H2,1H3. The second-order valence-corrected chi connectivity index (χ2v) is 6.75. The molecule has 0 radical (unpaired) electrons. The Kier molecular flexibility index (Phi) is 3.87. The summed E-state index contributed by atoms with van der Waals surface area (Å²) in [5.41, 5.74) is 1.80. The maximum atomic E-state index is 12.7. The average molecular weight is 293 g/mol. The molecule has 0 N–H and O–H groups in total. The molecule has 20 heavy (non-hydrogen) atoms. The van der Waals surface area contributed by atoms with E-state index in [1.807, 2.05) is 19.1 Å². The number of carbonyl (C=O) groups excluding carboxylic acids is 1. The number of hydrogen-bond acceptors (Lipinski definition) is 2. The summed E-state index contributed by atoms with van der Waals surface area (Å²) in [5.74, 6) is 0.338. The quantitative estimate of drug-likeness (QED) is 0.746. The lowest BCUT2D eigenvalue weighted by molar-refractivity contribution is -0.0866. The topological polar surface area (TPSA) is 26.3 Å². The highest BCUT2D eigenvalue weighted by Gasteiger charge is 2.42. The number of aryl methyl sites for hydroxylation is 1. The van der Waals surface area contributed by atoms with E-state index in [0.717, 1.165) is 43.4 Å². The van der Waals surface area contributed by atoms with Crippen LogP contribution in [0.1, 0.15) is 54.4 Å². The Labute approximate surface area is 125 Å². The molecule has 2 fully saturated rings. The molecule has 1 heterocycles. The van der Waals surface area contributed by atoms with Gasteiger partial charge in [0.15, 0.2) is 5.78 Å². The van der Waals surface area contributed by atoms with Crippen LogP contribution in [0.15, 0.2) is 18.2 Å². The molecule has 1 atom stereocenters. The van der Waals surface area contributed by atoms with Crippen LogP contribution in [-0.4, -0.2) is 18.0 Å². The number of carbonyl (C=O) groups is 1. The van der Waals surface area contributed by atoms with Gasteiger partial charge < -0.3 is 4.74 Å². The summed E-state index contributed by atoms with van der Waals surface area (Å²) >= 11 is 6.08. The van der Waals surface area contributed by atoms with E-state index in [2.05, 4.69) is 0 Å². The predicted octanol–water partition coefficient (Wildman–Crippen LogP) is 4.57. The zero-order chi connectivity index (χ0) is 14.2. The fourth-order valence-corrected chi connectivity index (χ4v) is 4.02. The number of benzene rings is 1. The summed E-state index contributed by atoms with van der Waals surface area (Å²) in [6.07, 6.45) is 6.43. The van der Waals surface area contributed by atoms with E-state index >= 15 is 0 Å². The van der Waals surface area contributed by atoms with Gasteiger partial charge >= 0.3 is 0 Å². The van der Waals surface area contributed by atoms with Crippen LogP contribution < -0.4 is 0 Å². The van der Waals surface area contributed by atoms with Gasteiger partial charge in [-0.25, -0.2) is 0 Å². The Morgan fingerprint density at radius 2 is 2.05 bits per heavy atom. The summed E-state index contributed by atoms with van der Waals surface area (Å²) in [4.78, 5) is 12.7. The molecule has 2 aliphatic rings. The Hall–Kier alpha value is -0.860. The van der Waals surface area contributed by atoms with Gasteiger partial charge in [0.2, 0.25) is 0 Å². The maximum Gasteiger partial charge on any atom is 0.166 e. The molecule has 0 amide bonds. The van der Waals surface area contributed by atoms with Gasteiger partial charge in [0.25, 0.3) is 0 Å². The number of rotatable bonds is 2. The van der Waals surface area contributed by atoms with Crippen LogP contribution in [0.3, 0.4) is 0 Å². The summed E-state index contributed by atoms with van der Waals surface area (Å²) in [5, 5.41) is 0.649. The molecule has 1 aliphatic carbocycles. The third kappa shape index (κ3) is 2.77. The number of hydrogen-bond donors (Lipinski definition) is 0. The molecule has 1 aromatic carbocycles. The van der Waals surface area contributed by atoms with Gasteiger partial charge in [-0.3, -0.25) is 4.79 Å². The second-order valence-electron chi connectivity index (χ2n) is 6.31. The van der Waals surface area contributed by atoms with Crippen molar-refractivity contribution in [3.8, 4) is 0 Å². The first-order valence-corrected chi connectivity index (χ1v) is 7.91. The molecule has 0 bridgehead atoms. The summed E-state index contributed by atoms with van der Waals surface area (Å²) in [6, 6.07) is 5.64. The number of ketones is 1. The number of ether oxygens (including phenoxy) is 1. The Morgan fingerprint density at radius 3 is 2.75 bits per heavy atom. The van der Waals surface area contributed by atoms with Crippen molar-refractivity contribution in [3.63, 3.8) is 0 Å². The highest BCUT2D eigenvalue weighted by molar-refractivity contribution is 6.31. The zero-order valence-corrected chi connectivity index (χ0v) is 12.7. The zero-order valence-electron chi connectivity index (χ0n) is 12.0. The summed E-state index contributed by atoms with van der Waals surface area (Å²) < 4.78 is 6.01. The minimum absolute atomic E-state index is 0.00774. The van der Waals surface area contributed by atoms with Crippen molar-refractivity contribution in [1.29, 1.82) is 0 Å². The maximum absolute atomic E-state index is 12.7.